The van der Waals surface area contributed by atoms with Gasteiger partial charge in [-0.1, -0.05) is 46.3 Å². The first kappa shape index (κ1) is 16.0. The summed E-state index contributed by atoms with van der Waals surface area (Å²) in [6, 6.07) is 17.0. The molecule has 112 valence electrons. The molecule has 0 heterocycles. The lowest BCUT2D eigenvalue weighted by molar-refractivity contribution is 0.304. The highest BCUT2D eigenvalue weighted by atomic mass is 79.9. The third kappa shape index (κ3) is 5.49. The van der Waals surface area contributed by atoms with E-state index in [2.05, 4.69) is 21.2 Å². The monoisotopic (exact) mass is 369 g/mol. The van der Waals surface area contributed by atoms with E-state index in [-0.39, 0.29) is 12.6 Å². The fourth-order valence-electron chi connectivity index (χ4n) is 1.84. The summed E-state index contributed by atoms with van der Waals surface area (Å²) < 4.78 is 28.3. The maximum atomic E-state index is 11.2. The van der Waals surface area contributed by atoms with Crippen LogP contribution in [0.2, 0.25) is 0 Å². The summed E-state index contributed by atoms with van der Waals surface area (Å²) in [6.45, 7) is 0.0371. The van der Waals surface area contributed by atoms with Crippen LogP contribution in [-0.4, -0.2) is 21.3 Å². The highest BCUT2D eigenvalue weighted by Gasteiger charge is 2.15. The van der Waals surface area contributed by atoms with Gasteiger partial charge in [-0.15, -0.1) is 0 Å². The largest absolute Gasteiger partial charge is 0.376 e. The van der Waals surface area contributed by atoms with Crippen LogP contribution in [0.15, 0.2) is 59.1 Å². The molecule has 0 aromatic heterocycles. The predicted molar refractivity (Wildman–Crippen MR) is 87.7 cm³/mol. The number of hydrogen-bond acceptors (Lipinski definition) is 4. The molecule has 0 bridgehead atoms. The lowest BCUT2D eigenvalue weighted by Gasteiger charge is -2.20. The minimum atomic E-state index is -3.48. The van der Waals surface area contributed by atoms with Gasteiger partial charge >= 0.3 is 0 Å². The molecule has 0 fully saturated rings. The van der Waals surface area contributed by atoms with Gasteiger partial charge in [0.2, 0.25) is 0 Å². The van der Waals surface area contributed by atoms with Crippen molar-refractivity contribution in [1.82, 2.24) is 0 Å². The molecule has 0 radical (unpaired) electrons. The Kier molecular flexibility index (Phi) is 5.39. The van der Waals surface area contributed by atoms with Crippen molar-refractivity contribution in [3.63, 3.8) is 0 Å². The first-order valence-electron chi connectivity index (χ1n) is 6.35. The van der Waals surface area contributed by atoms with E-state index < -0.39 is 10.1 Å². The van der Waals surface area contributed by atoms with E-state index in [1.807, 2.05) is 54.6 Å². The van der Waals surface area contributed by atoms with E-state index in [1.54, 1.807) is 0 Å². The van der Waals surface area contributed by atoms with E-state index in [0.29, 0.717) is 0 Å². The van der Waals surface area contributed by atoms with Crippen LogP contribution in [0, 0.1) is 0 Å². The van der Waals surface area contributed by atoms with Gasteiger partial charge in [0.1, 0.15) is 0 Å². The fraction of sp³-hybridized carbons (Fsp3) is 0.200. The average molecular weight is 370 g/mol. The first-order valence-corrected chi connectivity index (χ1v) is 8.96. The Morgan fingerprint density at radius 3 is 2.29 bits per heavy atom. The van der Waals surface area contributed by atoms with Crippen LogP contribution >= 0.6 is 15.9 Å². The Balaban J connectivity index is 2.19. The number of halogens is 1. The van der Waals surface area contributed by atoms with Crippen molar-refractivity contribution in [1.29, 1.82) is 0 Å². The zero-order chi connectivity index (χ0) is 15.3. The summed E-state index contributed by atoms with van der Waals surface area (Å²) in [4.78, 5) is 0. The van der Waals surface area contributed by atoms with Crippen LogP contribution < -0.4 is 5.32 Å². The molecule has 0 spiro atoms. The van der Waals surface area contributed by atoms with Crippen molar-refractivity contribution in [2.75, 3.05) is 18.2 Å². The molecule has 21 heavy (non-hydrogen) atoms. The highest BCUT2D eigenvalue weighted by Crippen LogP contribution is 2.22. The van der Waals surface area contributed by atoms with Gasteiger partial charge < -0.3 is 5.32 Å². The number of rotatable bonds is 6. The molecule has 0 aliphatic carbocycles. The maximum absolute atomic E-state index is 11.2. The van der Waals surface area contributed by atoms with E-state index in [9.17, 15) is 8.42 Å². The van der Waals surface area contributed by atoms with Crippen LogP contribution in [-0.2, 0) is 14.3 Å². The zero-order valence-electron chi connectivity index (χ0n) is 11.5. The van der Waals surface area contributed by atoms with E-state index in [4.69, 9.17) is 4.18 Å². The van der Waals surface area contributed by atoms with Crippen molar-refractivity contribution in [3.05, 3.63) is 64.6 Å². The first-order chi connectivity index (χ1) is 9.94. The molecule has 0 aliphatic rings. The van der Waals surface area contributed by atoms with Gasteiger partial charge in [0.25, 0.3) is 10.1 Å². The summed E-state index contributed by atoms with van der Waals surface area (Å²) in [5.41, 5.74) is 1.85. The van der Waals surface area contributed by atoms with E-state index in [0.717, 1.165) is 22.0 Å². The second-order valence-corrected chi connectivity index (χ2v) is 7.16. The number of nitrogens with one attached hydrogen (secondary N) is 1. The molecule has 0 aliphatic heterocycles. The van der Waals surface area contributed by atoms with Crippen LogP contribution in [0.1, 0.15) is 11.6 Å². The molecule has 2 aromatic carbocycles. The van der Waals surface area contributed by atoms with Gasteiger partial charge in [0.05, 0.1) is 18.9 Å². The highest BCUT2D eigenvalue weighted by molar-refractivity contribution is 9.10. The van der Waals surface area contributed by atoms with Crippen molar-refractivity contribution in [3.8, 4) is 0 Å². The molecular formula is C15H16BrNO3S. The summed E-state index contributed by atoms with van der Waals surface area (Å²) >= 11 is 3.38. The second-order valence-electron chi connectivity index (χ2n) is 4.60. The van der Waals surface area contributed by atoms with E-state index >= 15 is 0 Å². The molecule has 6 heteroatoms. The topological polar surface area (TPSA) is 55.4 Å². The third-order valence-electron chi connectivity index (χ3n) is 2.84. The Morgan fingerprint density at radius 1 is 1.10 bits per heavy atom. The predicted octanol–water partition coefficient (Wildman–Crippen LogP) is 3.58. The lowest BCUT2D eigenvalue weighted by Crippen LogP contribution is -2.19. The number of hydrogen-bond donors (Lipinski definition) is 1. The lowest BCUT2D eigenvalue weighted by atomic mass is 10.1. The van der Waals surface area contributed by atoms with E-state index in [1.165, 1.54) is 0 Å². The molecule has 0 amide bonds. The van der Waals surface area contributed by atoms with Gasteiger partial charge in [0, 0.05) is 10.2 Å². The standard InChI is InChI=1S/C15H16BrNO3S/c1-21(18,19)20-11-15(12-7-9-13(16)10-8-12)17-14-5-3-2-4-6-14/h2-10,15,17H,11H2,1H3/t15-/m1/s1. The van der Waals surface area contributed by atoms with Crippen molar-refractivity contribution in [2.45, 2.75) is 6.04 Å². The smallest absolute Gasteiger partial charge is 0.264 e. The molecule has 0 saturated heterocycles. The Bertz CT molecular complexity index is 672. The van der Waals surface area contributed by atoms with Crippen molar-refractivity contribution < 1.29 is 12.6 Å². The minimum Gasteiger partial charge on any atom is -0.376 e. The summed E-state index contributed by atoms with van der Waals surface area (Å²) in [6.07, 6.45) is 1.05. The Labute approximate surface area is 133 Å². The molecule has 1 atom stereocenters. The van der Waals surface area contributed by atoms with Gasteiger partial charge in [-0.3, -0.25) is 4.18 Å². The summed E-state index contributed by atoms with van der Waals surface area (Å²) in [7, 11) is -3.48. The molecular weight excluding hydrogens is 354 g/mol. The average Bonchev–Trinajstić information content (AvgIpc) is 2.45. The van der Waals surface area contributed by atoms with Crippen LogP contribution in [0.4, 0.5) is 5.69 Å². The Hall–Kier alpha value is -1.37. The number of para-hydroxylation sites is 1. The van der Waals surface area contributed by atoms with Crippen LogP contribution in [0.5, 0.6) is 0 Å². The van der Waals surface area contributed by atoms with Gasteiger partial charge in [-0.05, 0) is 29.8 Å². The molecule has 0 unspecified atom stereocenters. The van der Waals surface area contributed by atoms with Gasteiger partial charge in [-0.2, -0.15) is 8.42 Å². The van der Waals surface area contributed by atoms with Crippen LogP contribution in [0.25, 0.3) is 0 Å². The molecule has 4 nitrogen and oxygen atoms in total. The number of benzene rings is 2. The van der Waals surface area contributed by atoms with Crippen molar-refractivity contribution in [2.24, 2.45) is 0 Å². The normalized spacial score (nSPS) is 12.9. The van der Waals surface area contributed by atoms with Crippen molar-refractivity contribution >= 4 is 31.7 Å². The third-order valence-corrected chi connectivity index (χ3v) is 3.93. The summed E-state index contributed by atoms with van der Waals surface area (Å²) in [5, 5.41) is 3.28. The molecule has 2 rings (SSSR count). The van der Waals surface area contributed by atoms with Crippen LogP contribution in [0.3, 0.4) is 0 Å². The molecule has 0 saturated carbocycles. The minimum absolute atomic E-state index is 0.0371. The molecule has 1 N–H and O–H groups in total. The van der Waals surface area contributed by atoms with Gasteiger partial charge in [0.15, 0.2) is 0 Å². The maximum Gasteiger partial charge on any atom is 0.264 e. The SMILES string of the molecule is CS(=O)(=O)OC[C@@H](Nc1ccccc1)c1ccc(Br)cc1. The zero-order valence-corrected chi connectivity index (χ0v) is 13.9. The van der Waals surface area contributed by atoms with Gasteiger partial charge in [-0.25, -0.2) is 0 Å². The molecule has 2 aromatic rings. The second kappa shape index (κ2) is 7.06. The number of anilines is 1. The quantitative estimate of drug-likeness (QED) is 0.790. The Morgan fingerprint density at radius 2 is 1.71 bits per heavy atom. The fourth-order valence-corrected chi connectivity index (χ4v) is 2.49. The summed E-state index contributed by atoms with van der Waals surface area (Å²) in [5.74, 6) is 0.